The molecule has 0 unspecified atom stereocenters. The quantitative estimate of drug-likeness (QED) is 0.725. The molecule has 0 saturated heterocycles. The fourth-order valence-electron chi connectivity index (χ4n) is 1.93. The van der Waals surface area contributed by atoms with Gasteiger partial charge in [-0.1, -0.05) is 40.2 Å². The van der Waals surface area contributed by atoms with E-state index in [1.807, 2.05) is 24.3 Å². The highest BCUT2D eigenvalue weighted by atomic mass is 79.9. The summed E-state index contributed by atoms with van der Waals surface area (Å²) < 4.78 is 1.77. The molecule has 2 aromatic carbocycles. The standard InChI is InChI=1S/C15H10BrN3O2/c16-11-7-5-10(6-8-11)9-17-19-14(20)12-3-1-2-4-13(12)18-15(19)21/h1-9H,(H,18,21). The van der Waals surface area contributed by atoms with Crippen molar-refractivity contribution >= 4 is 33.0 Å². The molecule has 0 radical (unpaired) electrons. The molecule has 0 saturated carbocycles. The van der Waals surface area contributed by atoms with Gasteiger partial charge in [0.05, 0.1) is 17.1 Å². The number of rotatable bonds is 2. The van der Waals surface area contributed by atoms with Gasteiger partial charge < -0.3 is 4.98 Å². The summed E-state index contributed by atoms with van der Waals surface area (Å²) in [7, 11) is 0. The van der Waals surface area contributed by atoms with E-state index in [2.05, 4.69) is 26.0 Å². The van der Waals surface area contributed by atoms with Crippen molar-refractivity contribution in [3.8, 4) is 0 Å². The molecule has 0 fully saturated rings. The van der Waals surface area contributed by atoms with Gasteiger partial charge in [-0.2, -0.15) is 5.10 Å². The molecule has 21 heavy (non-hydrogen) atoms. The van der Waals surface area contributed by atoms with Gasteiger partial charge in [-0.05, 0) is 29.8 Å². The Bertz CT molecular complexity index is 940. The molecule has 6 heteroatoms. The summed E-state index contributed by atoms with van der Waals surface area (Å²) in [5.41, 5.74) is 0.287. The lowest BCUT2D eigenvalue weighted by Crippen LogP contribution is -2.32. The Balaban J connectivity index is 2.10. The van der Waals surface area contributed by atoms with Crippen LogP contribution in [0.25, 0.3) is 10.9 Å². The van der Waals surface area contributed by atoms with Crippen LogP contribution in [0.3, 0.4) is 0 Å². The number of fused-ring (bicyclic) bond motifs is 1. The minimum atomic E-state index is -0.563. The third-order valence-corrected chi connectivity index (χ3v) is 3.50. The van der Waals surface area contributed by atoms with Gasteiger partial charge in [0.25, 0.3) is 5.56 Å². The van der Waals surface area contributed by atoms with Gasteiger partial charge in [0.1, 0.15) is 0 Å². The van der Waals surface area contributed by atoms with Crippen LogP contribution in [0, 0.1) is 0 Å². The Morgan fingerprint density at radius 3 is 2.52 bits per heavy atom. The van der Waals surface area contributed by atoms with Crippen molar-refractivity contribution in [3.05, 3.63) is 79.4 Å². The van der Waals surface area contributed by atoms with Crippen molar-refractivity contribution in [1.82, 2.24) is 9.66 Å². The van der Waals surface area contributed by atoms with Crippen LogP contribution in [0.1, 0.15) is 5.56 Å². The fraction of sp³-hybridized carbons (Fsp3) is 0. The number of benzene rings is 2. The monoisotopic (exact) mass is 343 g/mol. The second-order valence-corrected chi connectivity index (χ2v) is 5.30. The van der Waals surface area contributed by atoms with E-state index < -0.39 is 11.2 Å². The lowest BCUT2D eigenvalue weighted by molar-refractivity contribution is 0.771. The maximum Gasteiger partial charge on any atom is 0.349 e. The molecule has 0 spiro atoms. The van der Waals surface area contributed by atoms with Crippen LogP contribution in [-0.4, -0.2) is 15.9 Å². The Labute approximate surface area is 127 Å². The number of nitrogens with one attached hydrogen (secondary N) is 1. The van der Waals surface area contributed by atoms with E-state index >= 15 is 0 Å². The Kier molecular flexibility index (Phi) is 3.53. The number of nitrogens with zero attached hydrogens (tertiary/aromatic N) is 2. The highest BCUT2D eigenvalue weighted by molar-refractivity contribution is 9.10. The molecule has 5 nitrogen and oxygen atoms in total. The van der Waals surface area contributed by atoms with Crippen molar-refractivity contribution in [3.63, 3.8) is 0 Å². The first-order valence-corrected chi connectivity index (χ1v) is 6.98. The van der Waals surface area contributed by atoms with Crippen molar-refractivity contribution in [1.29, 1.82) is 0 Å². The third kappa shape index (κ3) is 2.71. The number of aromatic nitrogens is 2. The minimum Gasteiger partial charge on any atom is -0.305 e. The topological polar surface area (TPSA) is 67.2 Å². The van der Waals surface area contributed by atoms with E-state index in [1.54, 1.807) is 24.3 Å². The van der Waals surface area contributed by atoms with Crippen molar-refractivity contribution < 1.29 is 0 Å². The lowest BCUT2D eigenvalue weighted by atomic mass is 10.2. The highest BCUT2D eigenvalue weighted by Crippen LogP contribution is 2.09. The Morgan fingerprint density at radius 2 is 1.76 bits per heavy atom. The summed E-state index contributed by atoms with van der Waals surface area (Å²) in [6, 6.07) is 14.2. The number of halogens is 1. The van der Waals surface area contributed by atoms with E-state index in [-0.39, 0.29) is 0 Å². The molecular weight excluding hydrogens is 334 g/mol. The first kappa shape index (κ1) is 13.5. The van der Waals surface area contributed by atoms with Gasteiger partial charge >= 0.3 is 5.69 Å². The molecule has 3 aromatic rings. The van der Waals surface area contributed by atoms with Crippen molar-refractivity contribution in [2.24, 2.45) is 5.10 Å². The minimum absolute atomic E-state index is 0.421. The van der Waals surface area contributed by atoms with Gasteiger partial charge in [0.15, 0.2) is 0 Å². The lowest BCUT2D eigenvalue weighted by Gasteiger charge is -2.00. The zero-order chi connectivity index (χ0) is 14.8. The third-order valence-electron chi connectivity index (χ3n) is 2.98. The fourth-order valence-corrected chi connectivity index (χ4v) is 2.20. The predicted molar refractivity (Wildman–Crippen MR) is 86.0 cm³/mol. The van der Waals surface area contributed by atoms with Crippen LogP contribution >= 0.6 is 15.9 Å². The molecule has 0 aliphatic carbocycles. The SMILES string of the molecule is O=c1[nH]c2ccccc2c(=O)n1N=Cc1ccc(Br)cc1. The van der Waals surface area contributed by atoms with Gasteiger partial charge in [0, 0.05) is 4.47 Å². The maximum absolute atomic E-state index is 12.2. The average Bonchev–Trinajstić information content (AvgIpc) is 2.49. The van der Waals surface area contributed by atoms with E-state index in [1.165, 1.54) is 6.21 Å². The molecule has 1 aromatic heterocycles. The van der Waals surface area contributed by atoms with Gasteiger partial charge in [0.2, 0.25) is 0 Å². The molecule has 1 N–H and O–H groups in total. The molecular formula is C15H10BrN3O2. The second-order valence-electron chi connectivity index (χ2n) is 4.39. The Morgan fingerprint density at radius 1 is 1.05 bits per heavy atom. The van der Waals surface area contributed by atoms with Crippen LogP contribution in [0.15, 0.2) is 67.7 Å². The van der Waals surface area contributed by atoms with Crippen LogP contribution in [0.5, 0.6) is 0 Å². The van der Waals surface area contributed by atoms with Crippen LogP contribution in [-0.2, 0) is 0 Å². The molecule has 0 aliphatic heterocycles. The summed E-state index contributed by atoms with van der Waals surface area (Å²) >= 11 is 3.34. The average molecular weight is 344 g/mol. The largest absolute Gasteiger partial charge is 0.349 e. The van der Waals surface area contributed by atoms with Crippen LogP contribution in [0.2, 0.25) is 0 Å². The number of H-pyrrole nitrogens is 1. The number of hydrogen-bond donors (Lipinski definition) is 1. The van der Waals surface area contributed by atoms with Crippen LogP contribution < -0.4 is 11.2 Å². The normalized spacial score (nSPS) is 11.3. The van der Waals surface area contributed by atoms with Gasteiger partial charge in [-0.25, -0.2) is 4.79 Å². The summed E-state index contributed by atoms with van der Waals surface area (Å²) in [4.78, 5) is 26.8. The first-order chi connectivity index (χ1) is 10.1. The number of hydrogen-bond acceptors (Lipinski definition) is 3. The van der Waals surface area contributed by atoms with Crippen LogP contribution in [0.4, 0.5) is 0 Å². The van der Waals surface area contributed by atoms with E-state index in [0.29, 0.717) is 10.9 Å². The summed E-state index contributed by atoms with van der Waals surface area (Å²) in [5, 5.41) is 4.40. The maximum atomic E-state index is 12.2. The zero-order valence-electron chi connectivity index (χ0n) is 10.8. The number of para-hydroxylation sites is 1. The number of aromatic amines is 1. The van der Waals surface area contributed by atoms with Crippen molar-refractivity contribution in [2.75, 3.05) is 0 Å². The Hall–Kier alpha value is -2.47. The first-order valence-electron chi connectivity index (χ1n) is 6.19. The smallest absolute Gasteiger partial charge is 0.305 e. The molecule has 1 heterocycles. The summed E-state index contributed by atoms with van der Waals surface area (Å²) in [6.07, 6.45) is 1.47. The van der Waals surface area contributed by atoms with Crippen molar-refractivity contribution in [2.45, 2.75) is 0 Å². The second kappa shape index (κ2) is 5.49. The summed E-state index contributed by atoms with van der Waals surface area (Å²) in [5.74, 6) is 0. The van der Waals surface area contributed by atoms with E-state index in [9.17, 15) is 9.59 Å². The van der Waals surface area contributed by atoms with E-state index in [0.717, 1.165) is 14.7 Å². The molecule has 0 aliphatic rings. The summed E-state index contributed by atoms with van der Waals surface area (Å²) in [6.45, 7) is 0. The molecule has 0 atom stereocenters. The van der Waals surface area contributed by atoms with Gasteiger partial charge in [-0.15, -0.1) is 4.68 Å². The molecule has 3 rings (SSSR count). The van der Waals surface area contributed by atoms with Gasteiger partial charge in [-0.3, -0.25) is 4.79 Å². The highest BCUT2D eigenvalue weighted by Gasteiger charge is 2.05. The predicted octanol–water partition coefficient (Wildman–Crippen LogP) is 2.33. The molecule has 0 amide bonds. The van der Waals surface area contributed by atoms with E-state index in [4.69, 9.17) is 0 Å². The molecule has 0 bridgehead atoms. The molecule has 104 valence electrons. The zero-order valence-corrected chi connectivity index (χ0v) is 12.4.